The molecule has 0 amide bonds. The standard InChI is InChI=1S/C6H13NS/c1-8-6-2-5(3-6)4-7/h5-6H,2-4,7H2,1H3. The third kappa shape index (κ3) is 1.17. The number of thioether (sulfide) groups is 1. The van der Waals surface area contributed by atoms with Gasteiger partial charge in [-0.1, -0.05) is 0 Å². The van der Waals surface area contributed by atoms with E-state index in [1.165, 1.54) is 12.8 Å². The van der Waals surface area contributed by atoms with Crippen LogP contribution in [-0.4, -0.2) is 18.1 Å². The summed E-state index contributed by atoms with van der Waals surface area (Å²) in [6, 6.07) is 0. The predicted molar refractivity (Wildman–Crippen MR) is 39.1 cm³/mol. The van der Waals surface area contributed by atoms with Crippen LogP contribution in [0.5, 0.6) is 0 Å². The molecule has 1 aliphatic rings. The number of hydrogen-bond donors (Lipinski definition) is 1. The van der Waals surface area contributed by atoms with Crippen LogP contribution in [0.3, 0.4) is 0 Å². The summed E-state index contributed by atoms with van der Waals surface area (Å²) < 4.78 is 0. The molecule has 1 nitrogen and oxygen atoms in total. The van der Waals surface area contributed by atoms with E-state index in [0.717, 1.165) is 17.7 Å². The van der Waals surface area contributed by atoms with Gasteiger partial charge in [0.25, 0.3) is 0 Å². The summed E-state index contributed by atoms with van der Waals surface area (Å²) in [6.45, 7) is 0.900. The predicted octanol–water partition coefficient (Wildman–Crippen LogP) is 1.09. The lowest BCUT2D eigenvalue weighted by Gasteiger charge is -2.32. The molecule has 0 aromatic carbocycles. The van der Waals surface area contributed by atoms with Crippen molar-refractivity contribution in [2.75, 3.05) is 12.8 Å². The molecule has 0 unspecified atom stereocenters. The third-order valence-corrected chi connectivity index (χ3v) is 2.91. The molecule has 0 aliphatic heterocycles. The van der Waals surface area contributed by atoms with Gasteiger partial charge in [0.15, 0.2) is 0 Å². The SMILES string of the molecule is CSC1CC(CN)C1. The zero-order valence-electron chi connectivity index (χ0n) is 5.26. The minimum absolute atomic E-state index is 0.854. The minimum Gasteiger partial charge on any atom is -0.330 e. The first-order chi connectivity index (χ1) is 3.86. The van der Waals surface area contributed by atoms with Crippen molar-refractivity contribution in [1.82, 2.24) is 0 Å². The summed E-state index contributed by atoms with van der Waals surface area (Å²) >= 11 is 1.98. The molecule has 2 N–H and O–H groups in total. The van der Waals surface area contributed by atoms with E-state index in [9.17, 15) is 0 Å². The third-order valence-electron chi connectivity index (χ3n) is 1.86. The van der Waals surface area contributed by atoms with E-state index in [0.29, 0.717) is 0 Å². The van der Waals surface area contributed by atoms with Crippen LogP contribution in [-0.2, 0) is 0 Å². The minimum atomic E-state index is 0.854. The highest BCUT2D eigenvalue weighted by atomic mass is 32.2. The Bertz CT molecular complexity index is 60.9. The lowest BCUT2D eigenvalue weighted by Crippen LogP contribution is -2.31. The zero-order valence-corrected chi connectivity index (χ0v) is 6.08. The van der Waals surface area contributed by atoms with Gasteiger partial charge in [-0.3, -0.25) is 0 Å². The highest BCUT2D eigenvalue weighted by Gasteiger charge is 2.26. The van der Waals surface area contributed by atoms with Crippen molar-refractivity contribution in [2.24, 2.45) is 11.7 Å². The van der Waals surface area contributed by atoms with Crippen LogP contribution >= 0.6 is 11.8 Å². The molecule has 0 radical (unpaired) electrons. The molecule has 48 valence electrons. The molecular formula is C6H13NS. The average Bonchev–Trinajstić information content (AvgIpc) is 1.65. The summed E-state index contributed by atoms with van der Waals surface area (Å²) in [5.41, 5.74) is 5.44. The second-order valence-electron chi connectivity index (χ2n) is 2.43. The van der Waals surface area contributed by atoms with Gasteiger partial charge in [-0.15, -0.1) is 0 Å². The number of hydrogen-bond acceptors (Lipinski definition) is 2. The van der Waals surface area contributed by atoms with Crippen molar-refractivity contribution in [3.63, 3.8) is 0 Å². The largest absolute Gasteiger partial charge is 0.330 e. The van der Waals surface area contributed by atoms with E-state index in [2.05, 4.69) is 6.26 Å². The Morgan fingerprint density at radius 3 is 2.62 bits per heavy atom. The van der Waals surface area contributed by atoms with Crippen molar-refractivity contribution in [3.05, 3.63) is 0 Å². The molecule has 0 aromatic rings. The Balaban J connectivity index is 2.03. The molecule has 8 heavy (non-hydrogen) atoms. The fourth-order valence-electron chi connectivity index (χ4n) is 1.06. The highest BCUT2D eigenvalue weighted by molar-refractivity contribution is 7.99. The summed E-state index contributed by atoms with van der Waals surface area (Å²) in [5, 5.41) is 0.934. The Morgan fingerprint density at radius 2 is 2.25 bits per heavy atom. The van der Waals surface area contributed by atoms with E-state index < -0.39 is 0 Å². The van der Waals surface area contributed by atoms with E-state index >= 15 is 0 Å². The van der Waals surface area contributed by atoms with Crippen molar-refractivity contribution in [1.29, 1.82) is 0 Å². The van der Waals surface area contributed by atoms with Crippen LogP contribution < -0.4 is 5.73 Å². The smallest absolute Gasteiger partial charge is 0.00505 e. The van der Waals surface area contributed by atoms with Crippen molar-refractivity contribution >= 4 is 11.8 Å². The van der Waals surface area contributed by atoms with Gasteiger partial charge in [-0.05, 0) is 31.6 Å². The quantitative estimate of drug-likeness (QED) is 0.607. The second kappa shape index (κ2) is 2.74. The summed E-state index contributed by atoms with van der Waals surface area (Å²) in [7, 11) is 0. The van der Waals surface area contributed by atoms with E-state index in [4.69, 9.17) is 5.73 Å². The van der Waals surface area contributed by atoms with Gasteiger partial charge in [-0.25, -0.2) is 0 Å². The monoisotopic (exact) mass is 131 g/mol. The lowest BCUT2D eigenvalue weighted by atomic mass is 9.85. The van der Waals surface area contributed by atoms with Gasteiger partial charge in [-0.2, -0.15) is 11.8 Å². The fraction of sp³-hybridized carbons (Fsp3) is 1.00. The maximum atomic E-state index is 5.44. The molecule has 1 saturated carbocycles. The summed E-state index contributed by atoms with van der Waals surface area (Å²) in [6.07, 6.45) is 4.90. The van der Waals surface area contributed by atoms with Crippen LogP contribution in [0.25, 0.3) is 0 Å². The lowest BCUT2D eigenvalue weighted by molar-refractivity contribution is 0.339. The maximum Gasteiger partial charge on any atom is 0.00505 e. The van der Waals surface area contributed by atoms with Gasteiger partial charge in [0.1, 0.15) is 0 Å². The first kappa shape index (κ1) is 6.43. The van der Waals surface area contributed by atoms with Gasteiger partial charge >= 0.3 is 0 Å². The molecular weight excluding hydrogens is 118 g/mol. The zero-order chi connectivity index (χ0) is 5.98. The van der Waals surface area contributed by atoms with Gasteiger partial charge < -0.3 is 5.73 Å². The van der Waals surface area contributed by atoms with E-state index in [-0.39, 0.29) is 0 Å². The molecule has 0 aromatic heterocycles. The number of nitrogens with two attached hydrogens (primary N) is 1. The molecule has 0 spiro atoms. The Hall–Kier alpha value is 0.310. The van der Waals surface area contributed by atoms with E-state index in [1.807, 2.05) is 11.8 Å². The Morgan fingerprint density at radius 1 is 1.62 bits per heavy atom. The molecule has 0 heterocycles. The Kier molecular flexibility index (Phi) is 2.20. The highest BCUT2D eigenvalue weighted by Crippen LogP contribution is 2.34. The van der Waals surface area contributed by atoms with Crippen LogP contribution in [0, 0.1) is 5.92 Å². The molecule has 0 atom stereocenters. The van der Waals surface area contributed by atoms with Crippen molar-refractivity contribution in [3.8, 4) is 0 Å². The van der Waals surface area contributed by atoms with Crippen LogP contribution in [0.15, 0.2) is 0 Å². The molecule has 1 aliphatic carbocycles. The van der Waals surface area contributed by atoms with Crippen LogP contribution in [0.2, 0.25) is 0 Å². The van der Waals surface area contributed by atoms with Crippen molar-refractivity contribution in [2.45, 2.75) is 18.1 Å². The summed E-state index contributed by atoms with van der Waals surface area (Å²) in [5.74, 6) is 0.854. The normalized spacial score (nSPS) is 36.8. The second-order valence-corrected chi connectivity index (χ2v) is 3.57. The topological polar surface area (TPSA) is 26.0 Å². The van der Waals surface area contributed by atoms with Crippen LogP contribution in [0.4, 0.5) is 0 Å². The van der Waals surface area contributed by atoms with Gasteiger partial charge in [0, 0.05) is 5.25 Å². The fourth-order valence-corrected chi connectivity index (χ4v) is 1.99. The summed E-state index contributed by atoms with van der Waals surface area (Å²) in [4.78, 5) is 0. The van der Waals surface area contributed by atoms with Gasteiger partial charge in [0.05, 0.1) is 0 Å². The first-order valence-electron chi connectivity index (χ1n) is 3.09. The van der Waals surface area contributed by atoms with Crippen LogP contribution in [0.1, 0.15) is 12.8 Å². The van der Waals surface area contributed by atoms with Crippen molar-refractivity contribution < 1.29 is 0 Å². The number of rotatable bonds is 2. The molecule has 0 bridgehead atoms. The molecule has 0 saturated heterocycles. The molecule has 1 rings (SSSR count). The maximum absolute atomic E-state index is 5.44. The molecule has 1 fully saturated rings. The van der Waals surface area contributed by atoms with Gasteiger partial charge in [0.2, 0.25) is 0 Å². The first-order valence-corrected chi connectivity index (χ1v) is 4.38. The molecule has 2 heteroatoms. The van der Waals surface area contributed by atoms with E-state index in [1.54, 1.807) is 0 Å². The Labute approximate surface area is 55.0 Å². The average molecular weight is 131 g/mol.